The second kappa shape index (κ2) is 5.46. The minimum absolute atomic E-state index is 0.00921. The number of thiazole rings is 1. The van der Waals surface area contributed by atoms with E-state index in [-0.39, 0.29) is 17.2 Å². The van der Waals surface area contributed by atoms with Crippen LogP contribution in [0.25, 0.3) is 0 Å². The molecule has 2 heterocycles. The second-order valence-corrected chi connectivity index (χ2v) is 8.10. The zero-order valence-corrected chi connectivity index (χ0v) is 14.0. The molecule has 1 aliphatic heterocycles. The van der Waals surface area contributed by atoms with Gasteiger partial charge in [0.15, 0.2) is 5.13 Å². The van der Waals surface area contributed by atoms with Gasteiger partial charge >= 0.3 is 0 Å². The van der Waals surface area contributed by atoms with E-state index in [0.29, 0.717) is 5.13 Å². The molecule has 1 aromatic carbocycles. The van der Waals surface area contributed by atoms with Crippen LogP contribution >= 0.6 is 23.1 Å². The third-order valence-electron chi connectivity index (χ3n) is 3.52. The lowest BCUT2D eigenvalue weighted by Gasteiger charge is -2.14. The Kier molecular flexibility index (Phi) is 3.80. The average molecular weight is 318 g/mol. The fourth-order valence-electron chi connectivity index (χ4n) is 2.25. The minimum atomic E-state index is -0.0758. The standard InChI is InChI=1S/C16H18N2OS2/c1-16(2,3)13-9-21-15(17-13)18-14(19)11-8-20-12-7-5-4-6-10(11)12/h4-7,9,11H,8H2,1-3H3,(H,17,18,19). The first-order chi connectivity index (χ1) is 9.95. The van der Waals surface area contributed by atoms with Gasteiger partial charge in [-0.05, 0) is 11.6 Å². The molecule has 0 bridgehead atoms. The predicted octanol–water partition coefficient (Wildman–Crippen LogP) is 4.27. The van der Waals surface area contributed by atoms with E-state index in [9.17, 15) is 4.79 Å². The molecule has 3 nitrogen and oxygen atoms in total. The summed E-state index contributed by atoms with van der Waals surface area (Å²) in [5, 5.41) is 5.69. The molecular weight excluding hydrogens is 300 g/mol. The summed E-state index contributed by atoms with van der Waals surface area (Å²) < 4.78 is 0. The van der Waals surface area contributed by atoms with E-state index in [1.807, 2.05) is 23.6 Å². The first-order valence-electron chi connectivity index (χ1n) is 6.94. The van der Waals surface area contributed by atoms with Gasteiger partial charge < -0.3 is 5.32 Å². The lowest BCUT2D eigenvalue weighted by Crippen LogP contribution is -2.21. The lowest BCUT2D eigenvalue weighted by atomic mass is 9.93. The van der Waals surface area contributed by atoms with E-state index >= 15 is 0 Å². The number of hydrogen-bond acceptors (Lipinski definition) is 4. The van der Waals surface area contributed by atoms with Crippen molar-refractivity contribution in [2.75, 3.05) is 11.1 Å². The van der Waals surface area contributed by atoms with Crippen LogP contribution in [0.2, 0.25) is 0 Å². The number of hydrogen-bond donors (Lipinski definition) is 1. The molecule has 1 aromatic heterocycles. The smallest absolute Gasteiger partial charge is 0.234 e. The number of nitrogens with zero attached hydrogens (tertiary/aromatic N) is 1. The molecule has 1 N–H and O–H groups in total. The van der Waals surface area contributed by atoms with Crippen LogP contribution in [-0.2, 0) is 10.2 Å². The molecule has 0 fully saturated rings. The fourth-order valence-corrected chi connectivity index (χ4v) is 4.42. The van der Waals surface area contributed by atoms with Gasteiger partial charge in [-0.25, -0.2) is 4.98 Å². The normalized spacial score (nSPS) is 17.6. The number of carbonyl (C=O) groups excluding carboxylic acids is 1. The highest BCUT2D eigenvalue weighted by molar-refractivity contribution is 7.99. The fraction of sp³-hybridized carbons (Fsp3) is 0.375. The van der Waals surface area contributed by atoms with Crippen LogP contribution in [-0.4, -0.2) is 16.6 Å². The van der Waals surface area contributed by atoms with Gasteiger partial charge in [-0.3, -0.25) is 4.79 Å². The molecule has 1 atom stereocenters. The molecule has 21 heavy (non-hydrogen) atoms. The van der Waals surface area contributed by atoms with Gasteiger partial charge in [-0.2, -0.15) is 0 Å². The molecule has 110 valence electrons. The zero-order chi connectivity index (χ0) is 15.0. The summed E-state index contributed by atoms with van der Waals surface area (Å²) in [5.74, 6) is 0.776. The molecule has 2 aromatic rings. The summed E-state index contributed by atoms with van der Waals surface area (Å²) in [7, 11) is 0. The molecule has 1 aliphatic rings. The highest BCUT2D eigenvalue weighted by atomic mass is 32.2. The van der Waals surface area contributed by atoms with Crippen molar-refractivity contribution >= 4 is 34.1 Å². The van der Waals surface area contributed by atoms with Gasteiger partial charge in [-0.15, -0.1) is 23.1 Å². The zero-order valence-electron chi connectivity index (χ0n) is 12.3. The van der Waals surface area contributed by atoms with Gasteiger partial charge in [-0.1, -0.05) is 39.0 Å². The summed E-state index contributed by atoms with van der Waals surface area (Å²) in [6.07, 6.45) is 0. The number of benzene rings is 1. The lowest BCUT2D eigenvalue weighted by molar-refractivity contribution is -0.117. The molecule has 3 rings (SSSR count). The number of amides is 1. The van der Waals surface area contributed by atoms with Crippen molar-refractivity contribution in [3.05, 3.63) is 40.9 Å². The first-order valence-corrected chi connectivity index (χ1v) is 8.80. The van der Waals surface area contributed by atoms with Crippen LogP contribution < -0.4 is 5.32 Å². The number of rotatable bonds is 2. The van der Waals surface area contributed by atoms with Crippen molar-refractivity contribution in [1.82, 2.24) is 4.98 Å². The Morgan fingerprint density at radius 2 is 2.10 bits per heavy atom. The number of fused-ring (bicyclic) bond motifs is 1. The molecule has 0 radical (unpaired) electrons. The molecule has 1 amide bonds. The molecule has 0 spiro atoms. The Bertz CT molecular complexity index is 673. The van der Waals surface area contributed by atoms with Crippen molar-refractivity contribution in [2.45, 2.75) is 37.0 Å². The van der Waals surface area contributed by atoms with E-state index in [1.165, 1.54) is 16.2 Å². The number of anilines is 1. The Hall–Kier alpha value is -1.33. The topological polar surface area (TPSA) is 42.0 Å². The summed E-state index contributed by atoms with van der Waals surface area (Å²) >= 11 is 3.24. The maximum atomic E-state index is 12.5. The molecular formula is C16H18N2OS2. The second-order valence-electron chi connectivity index (χ2n) is 6.18. The number of nitrogens with one attached hydrogen (secondary N) is 1. The Balaban J connectivity index is 1.75. The van der Waals surface area contributed by atoms with Crippen LogP contribution in [0.3, 0.4) is 0 Å². The number of thioether (sulfide) groups is 1. The van der Waals surface area contributed by atoms with E-state index in [4.69, 9.17) is 0 Å². The minimum Gasteiger partial charge on any atom is -0.301 e. The van der Waals surface area contributed by atoms with Crippen molar-refractivity contribution in [2.24, 2.45) is 0 Å². The van der Waals surface area contributed by atoms with Crippen LogP contribution in [0.4, 0.5) is 5.13 Å². The van der Waals surface area contributed by atoms with Gasteiger partial charge in [0, 0.05) is 21.4 Å². The Labute approximate surface area is 133 Å². The summed E-state index contributed by atoms with van der Waals surface area (Å²) in [6, 6.07) is 8.13. The third kappa shape index (κ3) is 2.99. The molecule has 0 aliphatic carbocycles. The van der Waals surface area contributed by atoms with E-state index in [0.717, 1.165) is 17.0 Å². The number of carbonyl (C=O) groups is 1. The van der Waals surface area contributed by atoms with Crippen molar-refractivity contribution in [3.8, 4) is 0 Å². The highest BCUT2D eigenvalue weighted by Gasteiger charge is 2.29. The monoisotopic (exact) mass is 318 g/mol. The maximum Gasteiger partial charge on any atom is 0.234 e. The molecule has 5 heteroatoms. The van der Waals surface area contributed by atoms with Gasteiger partial charge in [0.05, 0.1) is 11.6 Å². The van der Waals surface area contributed by atoms with Crippen LogP contribution in [0.5, 0.6) is 0 Å². The van der Waals surface area contributed by atoms with E-state index < -0.39 is 0 Å². The largest absolute Gasteiger partial charge is 0.301 e. The van der Waals surface area contributed by atoms with Crippen LogP contribution in [0.15, 0.2) is 34.5 Å². The van der Waals surface area contributed by atoms with Crippen molar-refractivity contribution in [1.29, 1.82) is 0 Å². The van der Waals surface area contributed by atoms with Gasteiger partial charge in [0.1, 0.15) is 0 Å². The SMILES string of the molecule is CC(C)(C)c1csc(NC(=O)C2CSc3ccccc32)n1. The quantitative estimate of drug-likeness (QED) is 0.899. The summed E-state index contributed by atoms with van der Waals surface area (Å²) in [6.45, 7) is 6.37. The van der Waals surface area contributed by atoms with Crippen molar-refractivity contribution < 1.29 is 4.79 Å². The van der Waals surface area contributed by atoms with Crippen LogP contribution in [0, 0.1) is 0 Å². The predicted molar refractivity (Wildman–Crippen MR) is 89.4 cm³/mol. The number of aromatic nitrogens is 1. The first kappa shape index (κ1) is 14.6. The Morgan fingerprint density at radius 1 is 1.33 bits per heavy atom. The van der Waals surface area contributed by atoms with Crippen LogP contribution in [0.1, 0.15) is 37.9 Å². The Morgan fingerprint density at radius 3 is 2.81 bits per heavy atom. The highest BCUT2D eigenvalue weighted by Crippen LogP contribution is 2.40. The van der Waals surface area contributed by atoms with Gasteiger partial charge in [0.25, 0.3) is 0 Å². The van der Waals surface area contributed by atoms with Crippen molar-refractivity contribution in [3.63, 3.8) is 0 Å². The summed E-state index contributed by atoms with van der Waals surface area (Å²) in [5.41, 5.74) is 2.16. The molecule has 1 unspecified atom stereocenters. The van der Waals surface area contributed by atoms with Gasteiger partial charge in [0.2, 0.25) is 5.91 Å². The third-order valence-corrected chi connectivity index (χ3v) is 5.46. The average Bonchev–Trinajstić information content (AvgIpc) is 3.03. The molecule has 0 saturated heterocycles. The maximum absolute atomic E-state index is 12.5. The van der Waals surface area contributed by atoms with E-state index in [1.54, 1.807) is 11.8 Å². The molecule has 0 saturated carbocycles. The van der Waals surface area contributed by atoms with E-state index in [2.05, 4.69) is 37.1 Å². The summed E-state index contributed by atoms with van der Waals surface area (Å²) in [4.78, 5) is 18.2.